The lowest BCUT2D eigenvalue weighted by Gasteiger charge is -2.23. The van der Waals surface area contributed by atoms with Crippen molar-refractivity contribution in [3.05, 3.63) is 0 Å². The van der Waals surface area contributed by atoms with Gasteiger partial charge in [-0.2, -0.15) is 0 Å². The van der Waals surface area contributed by atoms with Gasteiger partial charge in [-0.05, 0) is 19.3 Å². The van der Waals surface area contributed by atoms with Gasteiger partial charge in [0.05, 0.1) is 0 Å². The minimum Gasteiger partial charge on any atom is -0.370 e. The Morgan fingerprint density at radius 2 is 2.00 bits per heavy atom. The van der Waals surface area contributed by atoms with Crippen LogP contribution >= 0.6 is 0 Å². The van der Waals surface area contributed by atoms with E-state index in [1.54, 1.807) is 0 Å². The first kappa shape index (κ1) is 12.3. The van der Waals surface area contributed by atoms with Crippen molar-refractivity contribution in [2.45, 2.75) is 64.3 Å². The Labute approximate surface area is 93.5 Å². The SMILES string of the molecule is CCCCCN=C(N)NC1CCCCC1. The summed E-state index contributed by atoms with van der Waals surface area (Å²) in [5.41, 5.74) is 5.83. The van der Waals surface area contributed by atoms with Gasteiger partial charge in [-0.3, -0.25) is 4.99 Å². The molecule has 0 spiro atoms. The molecule has 0 radical (unpaired) electrons. The molecule has 0 saturated heterocycles. The average Bonchev–Trinajstić information content (AvgIpc) is 2.26. The van der Waals surface area contributed by atoms with Crippen LogP contribution in [0.25, 0.3) is 0 Å². The summed E-state index contributed by atoms with van der Waals surface area (Å²) in [6, 6.07) is 0.577. The highest BCUT2D eigenvalue weighted by molar-refractivity contribution is 5.78. The molecule has 1 aliphatic carbocycles. The zero-order valence-electron chi connectivity index (χ0n) is 9.97. The highest BCUT2D eigenvalue weighted by atomic mass is 15.1. The summed E-state index contributed by atoms with van der Waals surface area (Å²) >= 11 is 0. The van der Waals surface area contributed by atoms with Crippen LogP contribution in [0.2, 0.25) is 0 Å². The van der Waals surface area contributed by atoms with Gasteiger partial charge in [-0.1, -0.05) is 39.0 Å². The quantitative estimate of drug-likeness (QED) is 0.417. The molecule has 3 nitrogen and oxygen atoms in total. The summed E-state index contributed by atoms with van der Waals surface area (Å²) in [5, 5.41) is 3.32. The first-order valence-electron chi connectivity index (χ1n) is 6.39. The van der Waals surface area contributed by atoms with Crippen molar-refractivity contribution in [2.24, 2.45) is 10.7 Å². The average molecular weight is 211 g/mol. The summed E-state index contributed by atoms with van der Waals surface area (Å²) in [5.74, 6) is 0.651. The normalized spacial score (nSPS) is 19.1. The molecule has 0 aromatic carbocycles. The van der Waals surface area contributed by atoms with E-state index in [9.17, 15) is 0 Å². The third kappa shape index (κ3) is 5.65. The molecule has 0 aromatic heterocycles. The number of unbranched alkanes of at least 4 members (excludes halogenated alkanes) is 2. The molecule has 1 fully saturated rings. The summed E-state index contributed by atoms with van der Waals surface area (Å²) < 4.78 is 0. The third-order valence-electron chi connectivity index (χ3n) is 3.00. The van der Waals surface area contributed by atoms with Crippen molar-refractivity contribution in [2.75, 3.05) is 6.54 Å². The van der Waals surface area contributed by atoms with E-state index in [1.807, 2.05) is 0 Å². The van der Waals surface area contributed by atoms with Gasteiger partial charge in [-0.15, -0.1) is 0 Å². The van der Waals surface area contributed by atoms with Gasteiger partial charge in [0.25, 0.3) is 0 Å². The molecule has 0 heterocycles. The van der Waals surface area contributed by atoms with Gasteiger partial charge >= 0.3 is 0 Å². The molecule has 1 rings (SSSR count). The standard InChI is InChI=1S/C12H25N3/c1-2-3-7-10-14-12(13)15-11-8-5-4-6-9-11/h11H,2-10H2,1H3,(H3,13,14,15). The second-order valence-corrected chi connectivity index (χ2v) is 4.45. The summed E-state index contributed by atoms with van der Waals surface area (Å²) in [6.45, 7) is 3.08. The predicted octanol–water partition coefficient (Wildman–Crippen LogP) is 2.41. The zero-order valence-corrected chi connectivity index (χ0v) is 9.97. The topological polar surface area (TPSA) is 50.4 Å². The van der Waals surface area contributed by atoms with Gasteiger partial charge in [0.15, 0.2) is 5.96 Å². The van der Waals surface area contributed by atoms with Crippen molar-refractivity contribution in [3.63, 3.8) is 0 Å². The maximum absolute atomic E-state index is 5.83. The smallest absolute Gasteiger partial charge is 0.188 e. The van der Waals surface area contributed by atoms with Crippen molar-refractivity contribution in [3.8, 4) is 0 Å². The first-order valence-corrected chi connectivity index (χ1v) is 6.39. The number of guanidine groups is 1. The molecule has 3 N–H and O–H groups in total. The second kappa shape index (κ2) is 7.55. The maximum Gasteiger partial charge on any atom is 0.188 e. The number of nitrogens with one attached hydrogen (secondary N) is 1. The van der Waals surface area contributed by atoms with Crippen LogP contribution in [0, 0.1) is 0 Å². The summed E-state index contributed by atoms with van der Waals surface area (Å²) in [4.78, 5) is 4.34. The largest absolute Gasteiger partial charge is 0.370 e. The van der Waals surface area contributed by atoms with Crippen LogP contribution in [0.1, 0.15) is 58.3 Å². The lowest BCUT2D eigenvalue weighted by molar-refractivity contribution is 0.412. The Morgan fingerprint density at radius 1 is 1.27 bits per heavy atom. The fourth-order valence-electron chi connectivity index (χ4n) is 2.06. The number of hydrogen-bond donors (Lipinski definition) is 2. The van der Waals surface area contributed by atoms with Crippen LogP contribution in [0.5, 0.6) is 0 Å². The molecule has 0 atom stereocenters. The van der Waals surface area contributed by atoms with Gasteiger partial charge in [-0.25, -0.2) is 0 Å². The lowest BCUT2D eigenvalue weighted by Crippen LogP contribution is -2.41. The predicted molar refractivity (Wildman–Crippen MR) is 66.0 cm³/mol. The molecule has 0 aromatic rings. The van der Waals surface area contributed by atoms with Crippen LogP contribution < -0.4 is 11.1 Å². The van der Waals surface area contributed by atoms with E-state index >= 15 is 0 Å². The molecule has 15 heavy (non-hydrogen) atoms. The Hall–Kier alpha value is -0.730. The highest BCUT2D eigenvalue weighted by Gasteiger charge is 2.12. The molecule has 3 heteroatoms. The van der Waals surface area contributed by atoms with E-state index in [-0.39, 0.29) is 0 Å². The number of nitrogens with zero attached hydrogens (tertiary/aromatic N) is 1. The number of rotatable bonds is 5. The lowest BCUT2D eigenvalue weighted by atomic mass is 9.96. The van der Waals surface area contributed by atoms with Gasteiger partial charge in [0, 0.05) is 12.6 Å². The van der Waals surface area contributed by atoms with E-state index in [0.29, 0.717) is 12.0 Å². The Balaban J connectivity index is 2.12. The summed E-state index contributed by atoms with van der Waals surface area (Å²) in [7, 11) is 0. The van der Waals surface area contributed by atoms with Crippen LogP contribution in [0.3, 0.4) is 0 Å². The van der Waals surface area contributed by atoms with Crippen molar-refractivity contribution >= 4 is 5.96 Å². The molecule has 0 aliphatic heterocycles. The number of hydrogen-bond acceptors (Lipinski definition) is 1. The van der Waals surface area contributed by atoms with E-state index < -0.39 is 0 Å². The van der Waals surface area contributed by atoms with Gasteiger partial charge < -0.3 is 11.1 Å². The van der Waals surface area contributed by atoms with Crippen molar-refractivity contribution < 1.29 is 0 Å². The molecular weight excluding hydrogens is 186 g/mol. The van der Waals surface area contributed by atoms with Crippen molar-refractivity contribution in [1.82, 2.24) is 5.32 Å². The Bertz CT molecular complexity index is 183. The minimum atomic E-state index is 0.577. The van der Waals surface area contributed by atoms with Gasteiger partial charge in [0.2, 0.25) is 0 Å². The fourth-order valence-corrected chi connectivity index (χ4v) is 2.06. The first-order chi connectivity index (χ1) is 7.33. The summed E-state index contributed by atoms with van der Waals surface area (Å²) in [6.07, 6.45) is 10.2. The zero-order chi connectivity index (χ0) is 10.9. The van der Waals surface area contributed by atoms with E-state index in [0.717, 1.165) is 13.0 Å². The van der Waals surface area contributed by atoms with Crippen molar-refractivity contribution in [1.29, 1.82) is 0 Å². The molecule has 0 unspecified atom stereocenters. The second-order valence-electron chi connectivity index (χ2n) is 4.45. The Morgan fingerprint density at radius 3 is 2.67 bits per heavy atom. The molecule has 1 aliphatic rings. The monoisotopic (exact) mass is 211 g/mol. The fraction of sp³-hybridized carbons (Fsp3) is 0.917. The maximum atomic E-state index is 5.83. The highest BCUT2D eigenvalue weighted by Crippen LogP contribution is 2.16. The van der Waals surface area contributed by atoms with Crippen LogP contribution in [0.15, 0.2) is 4.99 Å². The van der Waals surface area contributed by atoms with E-state index in [2.05, 4.69) is 17.2 Å². The number of nitrogens with two attached hydrogens (primary N) is 1. The van der Waals surface area contributed by atoms with E-state index in [1.165, 1.54) is 44.9 Å². The number of aliphatic imine (C=N–C) groups is 1. The molecular formula is C12H25N3. The van der Waals surface area contributed by atoms with E-state index in [4.69, 9.17) is 5.73 Å². The molecule has 0 amide bonds. The Kier molecular flexibility index (Phi) is 6.21. The minimum absolute atomic E-state index is 0.577. The van der Waals surface area contributed by atoms with Crippen LogP contribution in [-0.2, 0) is 0 Å². The van der Waals surface area contributed by atoms with Gasteiger partial charge in [0.1, 0.15) is 0 Å². The van der Waals surface area contributed by atoms with Crippen LogP contribution in [0.4, 0.5) is 0 Å². The van der Waals surface area contributed by atoms with Crippen LogP contribution in [-0.4, -0.2) is 18.5 Å². The molecule has 0 bridgehead atoms. The molecule has 1 saturated carbocycles. The third-order valence-corrected chi connectivity index (χ3v) is 3.00. The molecule has 88 valence electrons.